The minimum absolute atomic E-state index is 0.00269. The van der Waals surface area contributed by atoms with Crippen molar-refractivity contribution in [1.29, 1.82) is 0 Å². The average Bonchev–Trinajstić information content (AvgIpc) is 2.71. The van der Waals surface area contributed by atoms with Gasteiger partial charge in [0.25, 0.3) is 5.56 Å². The van der Waals surface area contributed by atoms with Crippen LogP contribution in [0.25, 0.3) is 10.9 Å². The lowest BCUT2D eigenvalue weighted by atomic mass is 10.1. The Kier molecular flexibility index (Phi) is 5.33. The lowest BCUT2D eigenvalue weighted by Gasteiger charge is -2.24. The number of benzene rings is 2. The number of anilines is 1. The molecule has 3 aromatic rings. The molecule has 1 fully saturated rings. The molecular weight excluding hydrogens is 403 g/mol. The molecule has 4 rings (SSSR count). The first-order valence-electron chi connectivity index (χ1n) is 9.73. The molecule has 1 atom stereocenters. The second-order valence-corrected chi connectivity index (χ2v) is 7.35. The van der Waals surface area contributed by atoms with E-state index in [1.54, 1.807) is 25.1 Å². The van der Waals surface area contributed by atoms with Crippen LogP contribution in [0.5, 0.6) is 0 Å². The summed E-state index contributed by atoms with van der Waals surface area (Å²) >= 11 is 0. The van der Waals surface area contributed by atoms with Crippen molar-refractivity contribution in [2.45, 2.75) is 32.2 Å². The molecule has 0 bridgehead atoms. The number of nitrogens with one attached hydrogen (secondary N) is 2. The highest BCUT2D eigenvalue weighted by atomic mass is 19.1. The number of imide groups is 1. The average molecular weight is 422 g/mol. The van der Waals surface area contributed by atoms with Crippen molar-refractivity contribution in [3.63, 3.8) is 0 Å². The van der Waals surface area contributed by atoms with Gasteiger partial charge in [0, 0.05) is 6.42 Å². The molecule has 2 heterocycles. The van der Waals surface area contributed by atoms with E-state index in [-0.39, 0.29) is 42.2 Å². The predicted molar refractivity (Wildman–Crippen MR) is 111 cm³/mol. The standard InChI is InChI=1S/C22H19FN4O4/c1-12-24-15-3-2-4-16(25-19(29)11-13-5-7-14(23)8-6-13)20(15)22(31)27(12)17-9-10-18(28)26-21(17)30/h2-8,17H,9-11H2,1H3,(H,25,29)(H,26,28,30). The Morgan fingerprint density at radius 2 is 1.94 bits per heavy atom. The van der Waals surface area contributed by atoms with E-state index < -0.39 is 23.3 Å². The molecule has 1 unspecified atom stereocenters. The predicted octanol–water partition coefficient (Wildman–Crippen LogP) is 2.00. The molecular formula is C22H19FN4O4. The number of amides is 3. The number of nitrogens with zero attached hydrogens (tertiary/aromatic N) is 2. The van der Waals surface area contributed by atoms with Crippen LogP contribution in [0.2, 0.25) is 0 Å². The number of hydrogen-bond acceptors (Lipinski definition) is 5. The summed E-state index contributed by atoms with van der Waals surface area (Å²) in [5, 5.41) is 5.13. The normalized spacial score (nSPS) is 16.3. The van der Waals surface area contributed by atoms with Crippen LogP contribution in [0.1, 0.15) is 30.3 Å². The molecule has 1 aliphatic heterocycles. The molecule has 158 valence electrons. The van der Waals surface area contributed by atoms with Gasteiger partial charge in [-0.05, 0) is 43.2 Å². The van der Waals surface area contributed by atoms with Crippen LogP contribution < -0.4 is 16.2 Å². The molecule has 8 nitrogen and oxygen atoms in total. The number of halogens is 1. The van der Waals surface area contributed by atoms with Crippen LogP contribution in [-0.2, 0) is 20.8 Å². The summed E-state index contributed by atoms with van der Waals surface area (Å²) in [5.41, 5.74) is 0.789. The molecule has 1 aromatic heterocycles. The van der Waals surface area contributed by atoms with Crippen LogP contribution in [0.4, 0.5) is 10.1 Å². The number of piperidine rings is 1. The molecule has 0 saturated carbocycles. The van der Waals surface area contributed by atoms with Gasteiger partial charge in [-0.25, -0.2) is 9.37 Å². The lowest BCUT2D eigenvalue weighted by Crippen LogP contribution is -2.45. The first-order valence-corrected chi connectivity index (χ1v) is 9.73. The highest BCUT2D eigenvalue weighted by Crippen LogP contribution is 2.23. The minimum Gasteiger partial charge on any atom is -0.325 e. The second kappa shape index (κ2) is 8.10. The van der Waals surface area contributed by atoms with Crippen LogP contribution in [0.15, 0.2) is 47.3 Å². The zero-order chi connectivity index (χ0) is 22.1. The van der Waals surface area contributed by atoms with Gasteiger partial charge in [0.1, 0.15) is 17.7 Å². The van der Waals surface area contributed by atoms with E-state index in [2.05, 4.69) is 15.6 Å². The SMILES string of the molecule is Cc1nc2cccc(NC(=O)Cc3ccc(F)cc3)c2c(=O)n1C1CCC(=O)NC1=O. The van der Waals surface area contributed by atoms with Crippen molar-refractivity contribution >= 4 is 34.3 Å². The number of fused-ring (bicyclic) bond motifs is 1. The van der Waals surface area contributed by atoms with E-state index >= 15 is 0 Å². The van der Waals surface area contributed by atoms with E-state index in [9.17, 15) is 23.6 Å². The van der Waals surface area contributed by atoms with E-state index in [1.807, 2.05) is 0 Å². The summed E-state index contributed by atoms with van der Waals surface area (Å²) in [5.74, 6) is -1.38. The van der Waals surface area contributed by atoms with Gasteiger partial charge >= 0.3 is 0 Å². The van der Waals surface area contributed by atoms with Crippen molar-refractivity contribution in [2.24, 2.45) is 0 Å². The Labute approximate surface area is 176 Å². The third-order valence-electron chi connectivity index (χ3n) is 5.18. The zero-order valence-corrected chi connectivity index (χ0v) is 16.6. The molecule has 3 amide bonds. The fourth-order valence-corrected chi connectivity index (χ4v) is 3.74. The van der Waals surface area contributed by atoms with E-state index in [0.717, 1.165) is 0 Å². The fraction of sp³-hybridized carbons (Fsp3) is 0.227. The minimum atomic E-state index is -0.856. The number of aromatic nitrogens is 2. The number of carbonyl (C=O) groups excluding carboxylic acids is 3. The molecule has 1 aliphatic rings. The largest absolute Gasteiger partial charge is 0.325 e. The summed E-state index contributed by atoms with van der Waals surface area (Å²) in [6, 6.07) is 9.60. The maximum atomic E-state index is 13.3. The Morgan fingerprint density at radius 3 is 2.65 bits per heavy atom. The van der Waals surface area contributed by atoms with Gasteiger partial charge in [-0.2, -0.15) is 0 Å². The van der Waals surface area contributed by atoms with E-state index in [1.165, 1.54) is 28.8 Å². The van der Waals surface area contributed by atoms with Crippen LogP contribution in [-0.4, -0.2) is 27.3 Å². The number of carbonyl (C=O) groups is 3. The van der Waals surface area contributed by atoms with Gasteiger partial charge < -0.3 is 5.32 Å². The highest BCUT2D eigenvalue weighted by Gasteiger charge is 2.30. The van der Waals surface area contributed by atoms with Gasteiger partial charge in [-0.3, -0.25) is 29.1 Å². The van der Waals surface area contributed by atoms with Gasteiger partial charge in [0.05, 0.1) is 23.0 Å². The van der Waals surface area contributed by atoms with E-state index in [4.69, 9.17) is 0 Å². The van der Waals surface area contributed by atoms with Crippen LogP contribution >= 0.6 is 0 Å². The van der Waals surface area contributed by atoms with E-state index in [0.29, 0.717) is 16.9 Å². The third kappa shape index (κ3) is 4.07. The molecule has 0 radical (unpaired) electrons. The summed E-state index contributed by atoms with van der Waals surface area (Å²) in [7, 11) is 0. The summed E-state index contributed by atoms with van der Waals surface area (Å²) in [6.07, 6.45) is 0.311. The Hall–Kier alpha value is -3.88. The quantitative estimate of drug-likeness (QED) is 0.625. The van der Waals surface area contributed by atoms with Crippen molar-refractivity contribution in [3.05, 3.63) is 70.0 Å². The fourth-order valence-electron chi connectivity index (χ4n) is 3.74. The van der Waals surface area contributed by atoms with Crippen molar-refractivity contribution in [3.8, 4) is 0 Å². The summed E-state index contributed by atoms with van der Waals surface area (Å²) < 4.78 is 14.3. The monoisotopic (exact) mass is 422 g/mol. The topological polar surface area (TPSA) is 110 Å². The highest BCUT2D eigenvalue weighted by molar-refractivity contribution is 6.02. The first-order chi connectivity index (χ1) is 14.8. The molecule has 9 heteroatoms. The molecule has 0 spiro atoms. The number of hydrogen-bond donors (Lipinski definition) is 2. The third-order valence-corrected chi connectivity index (χ3v) is 5.18. The summed E-state index contributed by atoms with van der Waals surface area (Å²) in [6.45, 7) is 1.62. The molecule has 2 N–H and O–H groups in total. The molecule has 0 aliphatic carbocycles. The van der Waals surface area contributed by atoms with Gasteiger partial charge in [0.2, 0.25) is 17.7 Å². The van der Waals surface area contributed by atoms with Crippen molar-refractivity contribution < 1.29 is 18.8 Å². The van der Waals surface area contributed by atoms with Gasteiger partial charge in [-0.15, -0.1) is 0 Å². The van der Waals surface area contributed by atoms with Crippen molar-refractivity contribution in [2.75, 3.05) is 5.32 Å². The first kappa shape index (κ1) is 20.4. The maximum Gasteiger partial charge on any atom is 0.264 e. The molecule has 2 aromatic carbocycles. The molecule has 1 saturated heterocycles. The van der Waals surface area contributed by atoms with Crippen LogP contribution in [0, 0.1) is 12.7 Å². The second-order valence-electron chi connectivity index (χ2n) is 7.35. The molecule has 31 heavy (non-hydrogen) atoms. The Balaban J connectivity index is 1.70. The smallest absolute Gasteiger partial charge is 0.264 e. The van der Waals surface area contributed by atoms with Crippen molar-refractivity contribution in [1.82, 2.24) is 14.9 Å². The number of rotatable bonds is 4. The summed E-state index contributed by atoms with van der Waals surface area (Å²) in [4.78, 5) is 54.1. The van der Waals surface area contributed by atoms with Gasteiger partial charge in [0.15, 0.2) is 0 Å². The number of aryl methyl sites for hydroxylation is 1. The zero-order valence-electron chi connectivity index (χ0n) is 16.6. The van der Waals surface area contributed by atoms with Crippen LogP contribution in [0.3, 0.4) is 0 Å². The maximum absolute atomic E-state index is 13.3. The lowest BCUT2D eigenvalue weighted by molar-refractivity contribution is -0.135. The van der Waals surface area contributed by atoms with Gasteiger partial charge in [-0.1, -0.05) is 18.2 Å². The Morgan fingerprint density at radius 1 is 1.19 bits per heavy atom. The Bertz CT molecular complexity index is 1270.